The van der Waals surface area contributed by atoms with Crippen molar-refractivity contribution in [2.45, 2.75) is 0 Å². The van der Waals surface area contributed by atoms with Crippen molar-refractivity contribution in [3.05, 3.63) is 42.5 Å². The van der Waals surface area contributed by atoms with Gasteiger partial charge in [0.1, 0.15) is 0 Å². The van der Waals surface area contributed by atoms with Gasteiger partial charge in [-0.2, -0.15) is 0 Å². The minimum atomic E-state index is 0. The molecule has 0 N–H and O–H groups in total. The van der Waals surface area contributed by atoms with Crippen LogP contribution < -0.4 is 0 Å². The van der Waals surface area contributed by atoms with E-state index in [0.717, 1.165) is 10.0 Å². The Labute approximate surface area is 82.2 Å². The van der Waals surface area contributed by atoms with Crippen LogP contribution in [0.5, 0.6) is 0 Å². The Hall–Kier alpha value is 0.0634. The van der Waals surface area contributed by atoms with Crippen LogP contribution in [0.3, 0.4) is 0 Å². The zero-order valence-corrected chi connectivity index (χ0v) is 10.2. The molecule has 0 saturated carbocycles. The summed E-state index contributed by atoms with van der Waals surface area (Å²) in [5, 5.41) is 0. The van der Waals surface area contributed by atoms with Crippen LogP contribution in [0.4, 0.5) is 0 Å². The van der Waals surface area contributed by atoms with Crippen molar-refractivity contribution < 1.29 is 19.5 Å². The van der Waals surface area contributed by atoms with Crippen LogP contribution in [0.2, 0.25) is 0 Å². The Morgan fingerprint density at radius 2 is 1.70 bits per heavy atom. The fourth-order valence-electron chi connectivity index (χ4n) is 0.619. The van der Waals surface area contributed by atoms with Crippen molar-refractivity contribution in [2.75, 3.05) is 0 Å². The van der Waals surface area contributed by atoms with Gasteiger partial charge in [0.2, 0.25) is 0 Å². The zero-order valence-electron chi connectivity index (χ0n) is 5.68. The molecule has 0 radical (unpaired) electrons. The third-order valence-electron chi connectivity index (χ3n) is 1.09. The fraction of sp³-hybridized carbons (Fsp3) is 0. The van der Waals surface area contributed by atoms with Gasteiger partial charge in [0.05, 0.1) is 0 Å². The first kappa shape index (κ1) is 10.1. The van der Waals surface area contributed by atoms with Crippen molar-refractivity contribution in [3.63, 3.8) is 0 Å². The predicted molar refractivity (Wildman–Crippen MR) is 44.4 cm³/mol. The van der Waals surface area contributed by atoms with Crippen LogP contribution in [0, 0.1) is 0 Å². The van der Waals surface area contributed by atoms with E-state index in [0.29, 0.717) is 0 Å². The Kier molecular flexibility index (Phi) is 4.84. The van der Waals surface area contributed by atoms with Gasteiger partial charge >= 0.3 is 0 Å². The smallest absolute Gasteiger partial charge is 0.0175 e. The van der Waals surface area contributed by atoms with Crippen LogP contribution >= 0.6 is 15.9 Å². The minimum Gasteiger partial charge on any atom is -0.0841 e. The number of hydrogen-bond donors (Lipinski definition) is 0. The van der Waals surface area contributed by atoms with E-state index >= 15 is 0 Å². The van der Waals surface area contributed by atoms with Crippen LogP contribution in [-0.2, 0) is 19.5 Å². The minimum absolute atomic E-state index is 0. The number of hydrogen-bond acceptors (Lipinski definition) is 0. The SMILES string of the molecule is C=C(Br)c1ccccc1.[Zn]. The second kappa shape index (κ2) is 4.81. The molecule has 0 heterocycles. The molecule has 0 amide bonds. The second-order valence-corrected chi connectivity index (χ2v) is 2.73. The normalized spacial score (nSPS) is 8.10. The van der Waals surface area contributed by atoms with Crippen LogP contribution in [0.25, 0.3) is 4.48 Å². The third kappa shape index (κ3) is 2.76. The monoisotopic (exact) mass is 246 g/mol. The van der Waals surface area contributed by atoms with E-state index in [1.54, 1.807) is 0 Å². The van der Waals surface area contributed by atoms with Gasteiger partial charge in [-0.3, -0.25) is 0 Å². The van der Waals surface area contributed by atoms with Crippen LogP contribution in [0.15, 0.2) is 36.9 Å². The number of benzene rings is 1. The first-order valence-corrected chi connectivity index (χ1v) is 3.50. The summed E-state index contributed by atoms with van der Waals surface area (Å²) >= 11 is 3.29. The van der Waals surface area contributed by atoms with Crippen LogP contribution in [-0.4, -0.2) is 0 Å². The van der Waals surface area contributed by atoms with E-state index in [4.69, 9.17) is 0 Å². The van der Waals surface area contributed by atoms with Gasteiger partial charge in [-0.25, -0.2) is 0 Å². The molecule has 1 aromatic carbocycles. The van der Waals surface area contributed by atoms with Gasteiger partial charge in [-0.05, 0) is 5.56 Å². The fourth-order valence-corrected chi connectivity index (χ4v) is 0.883. The second-order valence-electron chi connectivity index (χ2n) is 1.77. The van der Waals surface area contributed by atoms with Crippen molar-refractivity contribution in [1.82, 2.24) is 0 Å². The average Bonchev–Trinajstić information content (AvgIpc) is 1.90. The molecule has 0 saturated heterocycles. The molecule has 1 rings (SSSR count). The van der Waals surface area contributed by atoms with Gasteiger partial charge in [0.15, 0.2) is 0 Å². The topological polar surface area (TPSA) is 0 Å². The summed E-state index contributed by atoms with van der Waals surface area (Å²) in [6.07, 6.45) is 0. The summed E-state index contributed by atoms with van der Waals surface area (Å²) in [4.78, 5) is 0. The van der Waals surface area contributed by atoms with Crippen molar-refractivity contribution in [2.24, 2.45) is 0 Å². The molecule has 10 heavy (non-hydrogen) atoms. The van der Waals surface area contributed by atoms with E-state index in [9.17, 15) is 0 Å². The molecule has 48 valence electrons. The molecule has 0 bridgehead atoms. The molecule has 0 aromatic heterocycles. The summed E-state index contributed by atoms with van der Waals surface area (Å²) in [5.74, 6) is 0. The summed E-state index contributed by atoms with van der Waals surface area (Å²) in [5.41, 5.74) is 1.14. The Balaban J connectivity index is 0.000000810. The number of rotatable bonds is 1. The largest absolute Gasteiger partial charge is 0.0841 e. The van der Waals surface area contributed by atoms with Gasteiger partial charge < -0.3 is 0 Å². The van der Waals surface area contributed by atoms with Crippen LogP contribution in [0.1, 0.15) is 5.56 Å². The van der Waals surface area contributed by atoms with Crippen molar-refractivity contribution >= 4 is 20.4 Å². The summed E-state index contributed by atoms with van der Waals surface area (Å²) in [6.45, 7) is 3.74. The molecule has 0 aliphatic heterocycles. The predicted octanol–water partition coefficient (Wildman–Crippen LogP) is 3.05. The van der Waals surface area contributed by atoms with Crippen molar-refractivity contribution in [3.8, 4) is 0 Å². The van der Waals surface area contributed by atoms with E-state index in [1.807, 2.05) is 30.3 Å². The first-order valence-electron chi connectivity index (χ1n) is 2.70. The zero-order chi connectivity index (χ0) is 6.69. The molecule has 0 unspecified atom stereocenters. The van der Waals surface area contributed by atoms with E-state index in [-0.39, 0.29) is 19.5 Å². The Bertz CT molecular complexity index is 206. The summed E-state index contributed by atoms with van der Waals surface area (Å²) in [7, 11) is 0. The molecular weight excluding hydrogens is 241 g/mol. The standard InChI is InChI=1S/C8H7Br.Zn/c1-7(9)8-5-3-2-4-6-8;/h2-6H,1H2;. The van der Waals surface area contributed by atoms with Crippen molar-refractivity contribution in [1.29, 1.82) is 0 Å². The molecule has 0 fully saturated rings. The number of halogens is 1. The van der Waals surface area contributed by atoms with E-state index < -0.39 is 0 Å². The molecule has 0 nitrogen and oxygen atoms in total. The molecule has 1 aromatic rings. The van der Waals surface area contributed by atoms with Gasteiger partial charge in [-0.1, -0.05) is 52.8 Å². The van der Waals surface area contributed by atoms with Gasteiger partial charge in [-0.15, -0.1) is 0 Å². The Morgan fingerprint density at radius 3 is 2.00 bits per heavy atom. The molecule has 0 aliphatic rings. The van der Waals surface area contributed by atoms with Gasteiger partial charge in [0, 0.05) is 24.0 Å². The maximum atomic E-state index is 3.74. The third-order valence-corrected chi connectivity index (χ3v) is 1.54. The van der Waals surface area contributed by atoms with E-state index in [2.05, 4.69) is 22.5 Å². The quantitative estimate of drug-likeness (QED) is 0.670. The molecule has 0 spiro atoms. The molecule has 0 atom stereocenters. The first-order chi connectivity index (χ1) is 4.30. The van der Waals surface area contributed by atoms with Gasteiger partial charge in [0.25, 0.3) is 0 Å². The Morgan fingerprint density at radius 1 is 1.20 bits per heavy atom. The van der Waals surface area contributed by atoms with E-state index in [1.165, 1.54) is 0 Å². The maximum absolute atomic E-state index is 3.74. The molecule has 0 aliphatic carbocycles. The summed E-state index contributed by atoms with van der Waals surface area (Å²) in [6, 6.07) is 9.98. The molecular formula is C8H7BrZn. The molecule has 2 heteroatoms. The maximum Gasteiger partial charge on any atom is 0.0175 e. The average molecular weight is 248 g/mol. The summed E-state index contributed by atoms with van der Waals surface area (Å²) < 4.78 is 0.933.